The zero-order chi connectivity index (χ0) is 27.0. The van der Waals surface area contributed by atoms with Crippen LogP contribution >= 0.6 is 23.2 Å². The fourth-order valence-corrected chi connectivity index (χ4v) is 6.11. The van der Waals surface area contributed by atoms with Crippen LogP contribution < -0.4 is 14.6 Å². The molecule has 9 heteroatoms. The minimum Gasteiger partial charge on any atom is -0.548 e. The smallest absolute Gasteiger partial charge is 0.161 e. The third-order valence-corrected chi connectivity index (χ3v) is 7.88. The predicted octanol–water partition coefficient (Wildman–Crippen LogP) is 4.74. The summed E-state index contributed by atoms with van der Waals surface area (Å²) in [7, 11) is 1.52. The average molecular weight is 555 g/mol. The molecule has 2 aliphatic carbocycles. The molecule has 0 spiro atoms. The van der Waals surface area contributed by atoms with Crippen LogP contribution in [0.5, 0.6) is 11.5 Å². The van der Waals surface area contributed by atoms with Crippen LogP contribution in [0.15, 0.2) is 58.9 Å². The summed E-state index contributed by atoms with van der Waals surface area (Å²) in [5.41, 5.74) is 3.83. The standard InChI is InChI=1S/C29H27Cl2NO6/c1-37-25-12-16(9-11-24(25)38-15-17-8-10-18(30)13-19(17)31)27-28-20(4-2-6-22(28)33)32(14-26(35)36)21-5-3-7-23(34)29(21)27/h8-13,27H,2-7,14-15H2,1H3,(H,35,36)/p-1. The van der Waals surface area contributed by atoms with E-state index in [1.54, 1.807) is 35.2 Å². The molecule has 38 heavy (non-hydrogen) atoms. The minimum absolute atomic E-state index is 0.0683. The molecule has 0 saturated heterocycles. The third kappa shape index (κ3) is 4.93. The summed E-state index contributed by atoms with van der Waals surface area (Å²) >= 11 is 12.3. The number of aliphatic carboxylic acids is 1. The highest BCUT2D eigenvalue weighted by atomic mass is 35.5. The van der Waals surface area contributed by atoms with Crippen molar-refractivity contribution < 1.29 is 29.0 Å². The van der Waals surface area contributed by atoms with Crippen molar-refractivity contribution in [1.29, 1.82) is 0 Å². The van der Waals surface area contributed by atoms with Crippen LogP contribution in [0.4, 0.5) is 0 Å². The Morgan fingerprint density at radius 3 is 2.18 bits per heavy atom. The molecule has 0 fully saturated rings. The van der Waals surface area contributed by atoms with Gasteiger partial charge in [0, 0.05) is 56.9 Å². The summed E-state index contributed by atoms with van der Waals surface area (Å²) in [5.74, 6) is -1.05. The zero-order valence-corrected chi connectivity index (χ0v) is 22.4. The van der Waals surface area contributed by atoms with Crippen LogP contribution in [0.2, 0.25) is 10.0 Å². The topological polar surface area (TPSA) is 96.0 Å². The molecule has 1 heterocycles. The number of benzene rings is 2. The van der Waals surface area contributed by atoms with Crippen LogP contribution in [0.1, 0.15) is 55.6 Å². The Balaban J connectivity index is 1.56. The summed E-state index contributed by atoms with van der Waals surface area (Å²) < 4.78 is 11.6. The van der Waals surface area contributed by atoms with E-state index in [1.807, 2.05) is 6.07 Å². The average Bonchev–Trinajstić information content (AvgIpc) is 2.89. The third-order valence-electron chi connectivity index (χ3n) is 7.29. The molecule has 0 saturated carbocycles. The van der Waals surface area contributed by atoms with E-state index in [0.717, 1.165) is 11.1 Å². The van der Waals surface area contributed by atoms with E-state index in [0.29, 0.717) is 82.6 Å². The molecule has 3 aliphatic rings. The van der Waals surface area contributed by atoms with Crippen LogP contribution in [0, 0.1) is 0 Å². The molecule has 2 aromatic rings. The van der Waals surface area contributed by atoms with Crippen molar-refractivity contribution in [2.75, 3.05) is 13.7 Å². The van der Waals surface area contributed by atoms with Gasteiger partial charge in [-0.15, -0.1) is 0 Å². The van der Waals surface area contributed by atoms with Gasteiger partial charge in [0.25, 0.3) is 0 Å². The molecule has 2 aromatic carbocycles. The van der Waals surface area contributed by atoms with E-state index in [-0.39, 0.29) is 24.7 Å². The normalized spacial score (nSPS) is 17.9. The Hall–Kier alpha value is -3.29. The Morgan fingerprint density at radius 2 is 1.61 bits per heavy atom. The van der Waals surface area contributed by atoms with Gasteiger partial charge in [-0.05, 0) is 55.5 Å². The number of carboxylic acids is 1. The summed E-state index contributed by atoms with van der Waals surface area (Å²) in [4.78, 5) is 39.9. The number of carboxylic acid groups (broad SMARTS) is 1. The van der Waals surface area contributed by atoms with Crippen molar-refractivity contribution in [3.05, 3.63) is 80.1 Å². The number of carbonyl (C=O) groups excluding carboxylic acids is 3. The fourth-order valence-electron chi connectivity index (χ4n) is 5.65. The van der Waals surface area contributed by atoms with Gasteiger partial charge in [-0.3, -0.25) is 9.59 Å². The number of methoxy groups -OCH3 is 1. The summed E-state index contributed by atoms with van der Waals surface area (Å²) in [5, 5.41) is 12.7. The molecular formula is C29H26Cl2NO6-. The lowest BCUT2D eigenvalue weighted by molar-refractivity contribution is -0.305. The van der Waals surface area contributed by atoms with E-state index in [1.165, 1.54) is 7.11 Å². The van der Waals surface area contributed by atoms with Crippen molar-refractivity contribution in [3.63, 3.8) is 0 Å². The molecule has 0 radical (unpaired) electrons. The van der Waals surface area contributed by atoms with Crippen molar-refractivity contribution >= 4 is 40.7 Å². The molecular weight excluding hydrogens is 529 g/mol. The Morgan fingerprint density at radius 1 is 0.947 bits per heavy atom. The SMILES string of the molecule is COc1cc(C2C3=C(CCCC3=O)N(CC(=O)[O-])C3=C2C(=O)CCC3)ccc1OCc1ccc(Cl)cc1Cl. The van der Waals surface area contributed by atoms with Crippen molar-refractivity contribution in [2.24, 2.45) is 0 Å². The van der Waals surface area contributed by atoms with Gasteiger partial charge in [-0.25, -0.2) is 0 Å². The highest BCUT2D eigenvalue weighted by Gasteiger charge is 2.43. The highest BCUT2D eigenvalue weighted by molar-refractivity contribution is 6.35. The number of allylic oxidation sites excluding steroid dienone is 4. The number of ketones is 2. The number of carbonyl (C=O) groups is 3. The van der Waals surface area contributed by atoms with E-state index >= 15 is 0 Å². The quantitative estimate of drug-likeness (QED) is 0.487. The first kappa shape index (κ1) is 26.3. The van der Waals surface area contributed by atoms with Crippen LogP contribution in [-0.4, -0.2) is 36.1 Å². The lowest BCUT2D eigenvalue weighted by Crippen LogP contribution is -2.44. The van der Waals surface area contributed by atoms with Crippen LogP contribution in [0.3, 0.4) is 0 Å². The Bertz CT molecular complexity index is 1350. The first-order valence-electron chi connectivity index (χ1n) is 12.5. The van der Waals surface area contributed by atoms with E-state index in [4.69, 9.17) is 32.7 Å². The second-order valence-corrected chi connectivity index (χ2v) is 10.4. The Labute approximate surface area is 230 Å². The van der Waals surface area contributed by atoms with E-state index in [2.05, 4.69) is 0 Å². The van der Waals surface area contributed by atoms with Gasteiger partial charge in [0.2, 0.25) is 0 Å². The van der Waals surface area contributed by atoms with Crippen molar-refractivity contribution in [3.8, 4) is 11.5 Å². The van der Waals surface area contributed by atoms with E-state index in [9.17, 15) is 19.5 Å². The minimum atomic E-state index is -1.25. The van der Waals surface area contributed by atoms with Crippen LogP contribution in [-0.2, 0) is 21.0 Å². The van der Waals surface area contributed by atoms with Gasteiger partial charge >= 0.3 is 0 Å². The monoisotopic (exact) mass is 554 g/mol. The number of hydrogen-bond acceptors (Lipinski definition) is 7. The van der Waals surface area contributed by atoms with E-state index < -0.39 is 11.9 Å². The largest absolute Gasteiger partial charge is 0.548 e. The molecule has 0 amide bonds. The number of Topliss-reactive ketones (excluding diaryl/α,β-unsaturated/α-hetero) is 2. The van der Waals surface area contributed by atoms with Gasteiger partial charge in [-0.1, -0.05) is 35.3 Å². The summed E-state index contributed by atoms with van der Waals surface area (Å²) in [6, 6.07) is 10.5. The first-order valence-corrected chi connectivity index (χ1v) is 13.3. The maximum atomic E-state index is 13.3. The predicted molar refractivity (Wildman–Crippen MR) is 140 cm³/mol. The molecule has 198 valence electrons. The highest BCUT2D eigenvalue weighted by Crippen LogP contribution is 2.50. The molecule has 1 aliphatic heterocycles. The van der Waals surface area contributed by atoms with Gasteiger partial charge in [0.1, 0.15) is 6.61 Å². The van der Waals surface area contributed by atoms with Gasteiger partial charge in [0.15, 0.2) is 23.1 Å². The summed E-state index contributed by atoms with van der Waals surface area (Å²) in [6.45, 7) is -0.191. The number of rotatable bonds is 7. The van der Waals surface area contributed by atoms with Gasteiger partial charge < -0.3 is 24.3 Å². The summed E-state index contributed by atoms with van der Waals surface area (Å²) in [6.07, 6.45) is 3.10. The second-order valence-electron chi connectivity index (χ2n) is 9.60. The lowest BCUT2D eigenvalue weighted by Gasteiger charge is -2.44. The first-order chi connectivity index (χ1) is 18.3. The number of ether oxygens (including phenoxy) is 2. The fraction of sp³-hybridized carbons (Fsp3) is 0.345. The number of halogens is 2. The molecule has 7 nitrogen and oxygen atoms in total. The van der Waals surface area contributed by atoms with Crippen molar-refractivity contribution in [2.45, 2.75) is 51.0 Å². The van der Waals surface area contributed by atoms with Gasteiger partial charge in [-0.2, -0.15) is 0 Å². The molecule has 0 N–H and O–H groups in total. The molecule has 0 unspecified atom stereocenters. The van der Waals surface area contributed by atoms with Crippen molar-refractivity contribution in [1.82, 2.24) is 4.90 Å². The van der Waals surface area contributed by atoms with Gasteiger partial charge in [0.05, 0.1) is 19.6 Å². The second kappa shape index (κ2) is 10.8. The zero-order valence-electron chi connectivity index (χ0n) is 20.9. The van der Waals surface area contributed by atoms with Crippen LogP contribution in [0.25, 0.3) is 0 Å². The maximum absolute atomic E-state index is 13.3. The number of hydrogen-bond donors (Lipinski definition) is 0. The molecule has 0 atom stereocenters. The lowest BCUT2D eigenvalue weighted by atomic mass is 9.71. The Kier molecular flexibility index (Phi) is 7.50. The molecule has 5 rings (SSSR count). The molecule has 0 bridgehead atoms. The number of nitrogens with zero attached hydrogens (tertiary/aromatic N) is 1. The maximum Gasteiger partial charge on any atom is 0.161 e. The molecule has 0 aromatic heterocycles.